The van der Waals surface area contributed by atoms with E-state index in [0.29, 0.717) is 0 Å². The highest BCUT2D eigenvalue weighted by Crippen LogP contribution is 2.19. The van der Waals surface area contributed by atoms with Gasteiger partial charge in [0.2, 0.25) is 0 Å². The number of benzene rings is 2. The van der Waals surface area contributed by atoms with Gasteiger partial charge in [-0.3, -0.25) is 4.98 Å². The Balaban J connectivity index is 1.92. The smallest absolute Gasteiger partial charge is 0.0707 e. The van der Waals surface area contributed by atoms with Crippen LogP contribution in [0, 0.1) is 6.92 Å². The molecule has 0 fully saturated rings. The lowest BCUT2D eigenvalue weighted by Crippen LogP contribution is -1.95. The van der Waals surface area contributed by atoms with Crippen LogP contribution in [0.5, 0.6) is 0 Å². The Morgan fingerprint density at radius 2 is 1.58 bits per heavy atom. The van der Waals surface area contributed by atoms with E-state index in [1.165, 1.54) is 16.5 Å². The van der Waals surface area contributed by atoms with Crippen LogP contribution in [0.4, 0.5) is 0 Å². The summed E-state index contributed by atoms with van der Waals surface area (Å²) in [6, 6.07) is 21.3. The molecule has 0 aliphatic rings. The minimum Gasteiger partial charge on any atom is -0.253 e. The molecule has 0 radical (unpaired) electrons. The van der Waals surface area contributed by atoms with E-state index < -0.39 is 0 Å². The van der Waals surface area contributed by atoms with E-state index >= 15 is 0 Å². The topological polar surface area (TPSA) is 12.9 Å². The molecule has 0 atom stereocenters. The van der Waals surface area contributed by atoms with Crippen LogP contribution in [0.3, 0.4) is 0 Å². The molecule has 0 spiro atoms. The molecule has 3 rings (SSSR count). The molecule has 94 valence electrons. The molecule has 1 nitrogen and oxygen atoms in total. The zero-order valence-corrected chi connectivity index (χ0v) is 11.1. The maximum absolute atomic E-state index is 4.59. The second kappa shape index (κ2) is 5.23. The fourth-order valence-corrected chi connectivity index (χ4v) is 2.53. The fraction of sp³-hybridized carbons (Fsp3) is 0.167. The molecule has 0 N–H and O–H groups in total. The standard InChI is InChI=1S/C18H17N/c1-14-13-16(12-11-15-7-3-2-4-8-15)17-9-5-6-10-18(17)19-14/h2-10,13H,11-12H2,1H3. The van der Waals surface area contributed by atoms with E-state index in [4.69, 9.17) is 0 Å². The van der Waals surface area contributed by atoms with Crippen molar-refractivity contribution in [1.29, 1.82) is 0 Å². The molecule has 0 saturated carbocycles. The summed E-state index contributed by atoms with van der Waals surface area (Å²) in [5.74, 6) is 0. The predicted octanol–water partition coefficient (Wildman–Crippen LogP) is 4.33. The molecule has 1 aromatic heterocycles. The van der Waals surface area contributed by atoms with Gasteiger partial charge in [-0.25, -0.2) is 0 Å². The number of hydrogen-bond donors (Lipinski definition) is 0. The number of nitrogens with zero attached hydrogens (tertiary/aromatic N) is 1. The summed E-state index contributed by atoms with van der Waals surface area (Å²) in [4.78, 5) is 4.59. The summed E-state index contributed by atoms with van der Waals surface area (Å²) in [5, 5.41) is 1.28. The molecule has 0 amide bonds. The lowest BCUT2D eigenvalue weighted by Gasteiger charge is -2.08. The second-order valence-electron chi connectivity index (χ2n) is 4.93. The van der Waals surface area contributed by atoms with Gasteiger partial charge in [0.05, 0.1) is 5.52 Å². The number of aromatic nitrogens is 1. The van der Waals surface area contributed by atoms with Gasteiger partial charge in [-0.15, -0.1) is 0 Å². The van der Waals surface area contributed by atoms with Crippen molar-refractivity contribution in [2.75, 3.05) is 0 Å². The van der Waals surface area contributed by atoms with Crippen LogP contribution in [0.2, 0.25) is 0 Å². The van der Waals surface area contributed by atoms with E-state index in [1.807, 2.05) is 0 Å². The molecule has 0 bridgehead atoms. The molecule has 0 unspecified atom stereocenters. The molecule has 0 aliphatic carbocycles. The third-order valence-electron chi connectivity index (χ3n) is 3.46. The van der Waals surface area contributed by atoms with E-state index in [2.05, 4.69) is 72.6 Å². The molecule has 19 heavy (non-hydrogen) atoms. The summed E-state index contributed by atoms with van der Waals surface area (Å²) < 4.78 is 0. The third kappa shape index (κ3) is 2.65. The molecular weight excluding hydrogens is 230 g/mol. The van der Waals surface area contributed by atoms with Crippen LogP contribution < -0.4 is 0 Å². The Morgan fingerprint density at radius 1 is 0.842 bits per heavy atom. The van der Waals surface area contributed by atoms with Gasteiger partial charge >= 0.3 is 0 Å². The van der Waals surface area contributed by atoms with Gasteiger partial charge in [0.25, 0.3) is 0 Å². The molecule has 2 aromatic carbocycles. The van der Waals surface area contributed by atoms with Crippen molar-refractivity contribution in [3.05, 3.63) is 77.5 Å². The Hall–Kier alpha value is -2.15. The fourth-order valence-electron chi connectivity index (χ4n) is 2.53. The minimum absolute atomic E-state index is 1.06. The van der Waals surface area contributed by atoms with Crippen LogP contribution in [0.1, 0.15) is 16.8 Å². The van der Waals surface area contributed by atoms with Gasteiger partial charge in [0.1, 0.15) is 0 Å². The van der Waals surface area contributed by atoms with Crippen LogP contribution >= 0.6 is 0 Å². The number of para-hydroxylation sites is 1. The summed E-state index contributed by atoms with van der Waals surface area (Å²) in [5.41, 5.74) is 4.99. The van der Waals surface area contributed by atoms with Crippen LogP contribution in [0.25, 0.3) is 10.9 Å². The Bertz CT molecular complexity index is 686. The summed E-state index contributed by atoms with van der Waals surface area (Å²) in [6.07, 6.45) is 2.14. The molecule has 0 aliphatic heterocycles. The average Bonchev–Trinajstić information content (AvgIpc) is 2.45. The van der Waals surface area contributed by atoms with Crippen LogP contribution in [-0.4, -0.2) is 4.98 Å². The molecule has 3 aromatic rings. The quantitative estimate of drug-likeness (QED) is 0.671. The Morgan fingerprint density at radius 3 is 2.42 bits per heavy atom. The maximum atomic E-state index is 4.59. The lowest BCUT2D eigenvalue weighted by atomic mass is 10.0. The van der Waals surface area contributed by atoms with Crippen molar-refractivity contribution in [2.45, 2.75) is 19.8 Å². The first kappa shape index (κ1) is 11.9. The molecule has 1 heterocycles. The van der Waals surface area contributed by atoms with Crippen molar-refractivity contribution in [2.24, 2.45) is 0 Å². The highest BCUT2D eigenvalue weighted by atomic mass is 14.7. The Labute approximate surface area is 113 Å². The first-order chi connectivity index (χ1) is 9.33. The van der Waals surface area contributed by atoms with E-state index in [-0.39, 0.29) is 0 Å². The zero-order valence-electron chi connectivity index (χ0n) is 11.1. The largest absolute Gasteiger partial charge is 0.253 e. The lowest BCUT2D eigenvalue weighted by molar-refractivity contribution is 0.963. The Kier molecular flexibility index (Phi) is 3.28. The van der Waals surface area contributed by atoms with Gasteiger partial charge in [-0.2, -0.15) is 0 Å². The predicted molar refractivity (Wildman–Crippen MR) is 80.3 cm³/mol. The van der Waals surface area contributed by atoms with Gasteiger partial charge in [0.15, 0.2) is 0 Å². The highest BCUT2D eigenvalue weighted by Gasteiger charge is 2.03. The number of aryl methyl sites for hydroxylation is 3. The number of fused-ring (bicyclic) bond motifs is 1. The first-order valence-electron chi connectivity index (χ1n) is 6.72. The van der Waals surface area contributed by atoms with E-state index in [9.17, 15) is 0 Å². The van der Waals surface area contributed by atoms with Crippen molar-refractivity contribution >= 4 is 10.9 Å². The third-order valence-corrected chi connectivity index (χ3v) is 3.46. The zero-order chi connectivity index (χ0) is 13.1. The maximum Gasteiger partial charge on any atom is 0.0707 e. The summed E-state index contributed by atoms with van der Waals surface area (Å²) >= 11 is 0. The monoisotopic (exact) mass is 247 g/mol. The normalized spacial score (nSPS) is 10.8. The minimum atomic E-state index is 1.06. The van der Waals surface area contributed by atoms with Gasteiger partial charge in [-0.1, -0.05) is 48.5 Å². The van der Waals surface area contributed by atoms with Gasteiger partial charge in [-0.05, 0) is 43.0 Å². The van der Waals surface area contributed by atoms with Crippen molar-refractivity contribution in [1.82, 2.24) is 4.98 Å². The van der Waals surface area contributed by atoms with Crippen LogP contribution in [-0.2, 0) is 12.8 Å². The van der Waals surface area contributed by atoms with Crippen LogP contribution in [0.15, 0.2) is 60.7 Å². The molecule has 1 heteroatoms. The number of rotatable bonds is 3. The van der Waals surface area contributed by atoms with E-state index in [0.717, 1.165) is 24.1 Å². The van der Waals surface area contributed by atoms with E-state index in [1.54, 1.807) is 0 Å². The van der Waals surface area contributed by atoms with Gasteiger partial charge < -0.3 is 0 Å². The highest BCUT2D eigenvalue weighted by molar-refractivity contribution is 5.82. The molecule has 0 saturated heterocycles. The second-order valence-corrected chi connectivity index (χ2v) is 4.93. The first-order valence-corrected chi connectivity index (χ1v) is 6.72. The summed E-state index contributed by atoms with van der Waals surface area (Å²) in [7, 11) is 0. The molecular formula is C18H17N. The van der Waals surface area contributed by atoms with Gasteiger partial charge in [0, 0.05) is 11.1 Å². The van der Waals surface area contributed by atoms with Crippen molar-refractivity contribution < 1.29 is 0 Å². The van der Waals surface area contributed by atoms with Crippen molar-refractivity contribution in [3.8, 4) is 0 Å². The SMILES string of the molecule is Cc1cc(CCc2ccccc2)c2ccccc2n1. The average molecular weight is 247 g/mol. The number of pyridine rings is 1. The van der Waals surface area contributed by atoms with Crippen molar-refractivity contribution in [3.63, 3.8) is 0 Å². The number of hydrogen-bond acceptors (Lipinski definition) is 1. The summed E-state index contributed by atoms with van der Waals surface area (Å²) in [6.45, 7) is 2.07.